The molecular weight excluding hydrogens is 322 g/mol. The molecule has 0 radical (unpaired) electrons. The fraction of sp³-hybridized carbons (Fsp3) is 0.500. The minimum absolute atomic E-state index is 0.00618. The number of carbonyl (C=O) groups excluding carboxylic acids is 1. The number of likely N-dealkylation sites (N-methyl/N-ethyl adjacent to an activating group) is 1. The van der Waals surface area contributed by atoms with Crippen LogP contribution in [0.5, 0.6) is 5.75 Å². The van der Waals surface area contributed by atoms with Crippen molar-refractivity contribution in [1.29, 1.82) is 0 Å². The lowest BCUT2D eigenvalue weighted by Gasteiger charge is -2.32. The number of benzene rings is 1. The van der Waals surface area contributed by atoms with Gasteiger partial charge in [0, 0.05) is 43.4 Å². The molecule has 1 aromatic carbocycles. The van der Waals surface area contributed by atoms with Crippen molar-refractivity contribution in [2.45, 2.75) is 4.90 Å². The molecule has 2 rings (SSSR count). The number of carbonyl (C=O) groups is 1. The van der Waals surface area contributed by atoms with E-state index in [4.69, 9.17) is 4.74 Å². The molecule has 0 bridgehead atoms. The maximum atomic E-state index is 12.1. The van der Waals surface area contributed by atoms with Crippen LogP contribution in [0.25, 0.3) is 0 Å². The normalized spacial score (nSPS) is 16.9. The van der Waals surface area contributed by atoms with Gasteiger partial charge in [-0.2, -0.15) is 0 Å². The van der Waals surface area contributed by atoms with Crippen LogP contribution < -0.4 is 4.74 Å². The summed E-state index contributed by atoms with van der Waals surface area (Å²) < 4.78 is 16.7. The third-order valence-corrected chi connectivity index (χ3v) is 4.58. The summed E-state index contributed by atoms with van der Waals surface area (Å²) in [5, 5.41) is 11.1. The molecule has 1 aliphatic heterocycles. The molecule has 126 valence electrons. The predicted octanol–water partition coefficient (Wildman–Crippen LogP) is 0.485. The van der Waals surface area contributed by atoms with E-state index in [1.165, 1.54) is 24.5 Å². The van der Waals surface area contributed by atoms with Crippen molar-refractivity contribution >= 4 is 22.4 Å². The third kappa shape index (κ3) is 4.49. The lowest BCUT2D eigenvalue weighted by molar-refractivity contribution is -0.386. The van der Waals surface area contributed by atoms with Gasteiger partial charge in [0.15, 0.2) is 12.4 Å². The van der Waals surface area contributed by atoms with E-state index < -0.39 is 15.7 Å². The van der Waals surface area contributed by atoms with Gasteiger partial charge in [-0.3, -0.25) is 19.1 Å². The number of nitro groups is 1. The molecule has 1 atom stereocenters. The summed E-state index contributed by atoms with van der Waals surface area (Å²) in [7, 11) is 0.663. The fourth-order valence-electron chi connectivity index (χ4n) is 2.23. The summed E-state index contributed by atoms with van der Waals surface area (Å²) in [4.78, 5) is 26.7. The van der Waals surface area contributed by atoms with E-state index in [0.717, 1.165) is 13.1 Å². The lowest BCUT2D eigenvalue weighted by Crippen LogP contribution is -2.48. The van der Waals surface area contributed by atoms with Gasteiger partial charge in [-0.15, -0.1) is 0 Å². The van der Waals surface area contributed by atoms with Gasteiger partial charge in [0.25, 0.3) is 5.91 Å². The Morgan fingerprint density at radius 1 is 1.35 bits per heavy atom. The number of amides is 1. The third-order valence-electron chi connectivity index (χ3n) is 3.67. The SMILES string of the molecule is CN1CCN(C(=O)COc2ccc(S(C)=O)cc2[N+](=O)[O-])CC1. The molecule has 0 aromatic heterocycles. The maximum Gasteiger partial charge on any atom is 0.312 e. The molecule has 0 spiro atoms. The first-order valence-corrected chi connectivity index (χ1v) is 8.65. The molecule has 1 fully saturated rings. The minimum atomic E-state index is -1.32. The van der Waals surface area contributed by atoms with Crippen LogP contribution in [0.3, 0.4) is 0 Å². The predicted molar refractivity (Wildman–Crippen MR) is 85.0 cm³/mol. The quantitative estimate of drug-likeness (QED) is 0.571. The van der Waals surface area contributed by atoms with E-state index in [2.05, 4.69) is 4.90 Å². The van der Waals surface area contributed by atoms with Crippen LogP contribution in [-0.4, -0.2) is 70.9 Å². The molecule has 8 nitrogen and oxygen atoms in total. The Kier molecular flexibility index (Phi) is 5.67. The number of ether oxygens (including phenoxy) is 1. The Labute approximate surface area is 136 Å². The van der Waals surface area contributed by atoms with Crippen molar-refractivity contribution in [3.63, 3.8) is 0 Å². The van der Waals surface area contributed by atoms with E-state index in [0.29, 0.717) is 18.0 Å². The second-order valence-electron chi connectivity index (χ2n) is 5.31. The first-order valence-electron chi connectivity index (χ1n) is 7.09. The number of piperazine rings is 1. The van der Waals surface area contributed by atoms with Crippen LogP contribution in [0.4, 0.5) is 5.69 Å². The van der Waals surface area contributed by atoms with Gasteiger partial charge >= 0.3 is 5.69 Å². The molecule has 0 saturated carbocycles. The van der Waals surface area contributed by atoms with Crippen LogP contribution >= 0.6 is 0 Å². The molecule has 9 heteroatoms. The summed E-state index contributed by atoms with van der Waals surface area (Å²) >= 11 is 0. The van der Waals surface area contributed by atoms with Crippen molar-refractivity contribution < 1.29 is 18.7 Å². The fourth-order valence-corrected chi connectivity index (χ4v) is 2.76. The highest BCUT2D eigenvalue weighted by molar-refractivity contribution is 7.84. The Balaban J connectivity index is 2.03. The summed E-state index contributed by atoms with van der Waals surface area (Å²) in [6.45, 7) is 2.58. The van der Waals surface area contributed by atoms with E-state index >= 15 is 0 Å². The molecule has 23 heavy (non-hydrogen) atoms. The number of hydrogen-bond donors (Lipinski definition) is 0. The number of nitrogens with zero attached hydrogens (tertiary/aromatic N) is 3. The summed E-state index contributed by atoms with van der Waals surface area (Å²) in [6.07, 6.45) is 1.44. The van der Waals surface area contributed by atoms with Gasteiger partial charge in [0.2, 0.25) is 0 Å². The van der Waals surface area contributed by atoms with Crippen molar-refractivity contribution in [2.24, 2.45) is 0 Å². The molecule has 1 saturated heterocycles. The summed E-state index contributed by atoms with van der Waals surface area (Å²) in [6, 6.07) is 4.09. The molecule has 1 aromatic rings. The van der Waals surface area contributed by atoms with Gasteiger partial charge < -0.3 is 14.5 Å². The van der Waals surface area contributed by atoms with Gasteiger partial charge in [-0.05, 0) is 19.2 Å². The highest BCUT2D eigenvalue weighted by Crippen LogP contribution is 2.29. The number of nitro benzene ring substituents is 1. The van der Waals surface area contributed by atoms with Crippen molar-refractivity contribution in [1.82, 2.24) is 9.80 Å². The van der Waals surface area contributed by atoms with E-state index in [1.807, 2.05) is 7.05 Å². The Hall–Kier alpha value is -2.00. The van der Waals surface area contributed by atoms with Crippen LogP contribution in [0.15, 0.2) is 23.1 Å². The zero-order valence-corrected chi connectivity index (χ0v) is 13.9. The highest BCUT2D eigenvalue weighted by atomic mass is 32.2. The molecule has 1 amide bonds. The minimum Gasteiger partial charge on any atom is -0.477 e. The first-order chi connectivity index (χ1) is 10.9. The molecule has 1 heterocycles. The van der Waals surface area contributed by atoms with Gasteiger partial charge in [-0.25, -0.2) is 0 Å². The van der Waals surface area contributed by atoms with E-state index in [9.17, 15) is 19.1 Å². The zero-order chi connectivity index (χ0) is 17.0. The standard InChI is InChI=1S/C14H19N3O5S/c1-15-5-7-16(8-6-15)14(18)10-22-13-4-3-11(23(2)21)9-12(13)17(19)20/h3-4,9H,5-8,10H2,1-2H3. The summed E-state index contributed by atoms with van der Waals surface area (Å²) in [5.41, 5.74) is -0.288. The molecule has 0 N–H and O–H groups in total. The lowest BCUT2D eigenvalue weighted by atomic mass is 10.3. The second kappa shape index (κ2) is 7.51. The maximum absolute atomic E-state index is 12.1. The first kappa shape index (κ1) is 17.4. The average molecular weight is 341 g/mol. The van der Waals surface area contributed by atoms with Crippen molar-refractivity contribution in [2.75, 3.05) is 46.1 Å². The highest BCUT2D eigenvalue weighted by Gasteiger charge is 2.22. The largest absolute Gasteiger partial charge is 0.477 e. The molecule has 1 aliphatic rings. The average Bonchev–Trinajstić information content (AvgIpc) is 2.52. The van der Waals surface area contributed by atoms with E-state index in [1.54, 1.807) is 4.90 Å². The molecular formula is C14H19N3O5S. The number of hydrogen-bond acceptors (Lipinski definition) is 6. The monoisotopic (exact) mass is 341 g/mol. The molecule has 1 unspecified atom stereocenters. The van der Waals surface area contributed by atoms with Crippen LogP contribution in [0.1, 0.15) is 0 Å². The smallest absolute Gasteiger partial charge is 0.312 e. The van der Waals surface area contributed by atoms with Gasteiger partial charge in [-0.1, -0.05) is 0 Å². The molecule has 0 aliphatic carbocycles. The summed E-state index contributed by atoms with van der Waals surface area (Å²) in [5.74, 6) is -0.192. The van der Waals surface area contributed by atoms with Crippen molar-refractivity contribution in [3.8, 4) is 5.75 Å². The number of rotatable bonds is 5. The van der Waals surface area contributed by atoms with Crippen molar-refractivity contribution in [3.05, 3.63) is 28.3 Å². The van der Waals surface area contributed by atoms with Crippen LogP contribution in [0.2, 0.25) is 0 Å². The van der Waals surface area contributed by atoms with Crippen LogP contribution in [0, 0.1) is 10.1 Å². The zero-order valence-electron chi connectivity index (χ0n) is 13.1. The van der Waals surface area contributed by atoms with Gasteiger partial charge in [0.05, 0.1) is 15.7 Å². The Morgan fingerprint density at radius 3 is 2.57 bits per heavy atom. The van der Waals surface area contributed by atoms with Crippen LogP contribution in [-0.2, 0) is 15.6 Å². The van der Waals surface area contributed by atoms with E-state index in [-0.39, 0.29) is 24.0 Å². The topological polar surface area (TPSA) is 93.0 Å². The Bertz CT molecular complexity index is 629. The van der Waals surface area contributed by atoms with Gasteiger partial charge in [0.1, 0.15) is 0 Å². The second-order valence-corrected chi connectivity index (χ2v) is 6.69. The Morgan fingerprint density at radius 2 is 2.00 bits per heavy atom.